The normalized spacial score (nSPS) is 10.2. The molecule has 1 heterocycles. The van der Waals surface area contributed by atoms with Crippen molar-refractivity contribution in [1.29, 1.82) is 0 Å². The maximum Gasteiger partial charge on any atom is 0.137 e. The van der Waals surface area contributed by atoms with Gasteiger partial charge in [0.1, 0.15) is 5.75 Å². The molecule has 0 aliphatic carbocycles. The molecule has 0 amide bonds. The summed E-state index contributed by atoms with van der Waals surface area (Å²) in [6, 6.07) is 9.03. The van der Waals surface area contributed by atoms with Gasteiger partial charge in [0.25, 0.3) is 0 Å². The first-order chi connectivity index (χ1) is 7.70. The Balaban J connectivity index is 2.42. The van der Waals surface area contributed by atoms with Gasteiger partial charge < -0.3 is 4.74 Å². The smallest absolute Gasteiger partial charge is 0.137 e. The number of rotatable bonds is 2. The van der Waals surface area contributed by atoms with Crippen molar-refractivity contribution in [2.24, 2.45) is 0 Å². The summed E-state index contributed by atoms with van der Waals surface area (Å²) in [5, 5.41) is 1.20. The van der Waals surface area contributed by atoms with Gasteiger partial charge in [-0.25, -0.2) is 0 Å². The third kappa shape index (κ3) is 2.29. The lowest BCUT2D eigenvalue weighted by Crippen LogP contribution is -1.87. The standard InChI is InChI=1S/C12H9Cl2NO/c1-16-9-3-5-12(15-7-9)10-4-2-8(13)6-11(10)14/h2-7H,1H3. The minimum Gasteiger partial charge on any atom is -0.495 e. The number of ether oxygens (including phenoxy) is 1. The van der Waals surface area contributed by atoms with Gasteiger partial charge in [-0.3, -0.25) is 4.98 Å². The van der Waals surface area contributed by atoms with Crippen LogP contribution in [0.25, 0.3) is 11.3 Å². The van der Waals surface area contributed by atoms with Crippen molar-refractivity contribution in [3.05, 3.63) is 46.6 Å². The quantitative estimate of drug-likeness (QED) is 0.806. The lowest BCUT2D eigenvalue weighted by atomic mass is 10.1. The molecule has 2 nitrogen and oxygen atoms in total. The van der Waals surface area contributed by atoms with Crippen LogP contribution in [0.15, 0.2) is 36.5 Å². The molecule has 0 radical (unpaired) electrons. The highest BCUT2D eigenvalue weighted by Crippen LogP contribution is 2.29. The molecule has 0 unspecified atom stereocenters. The van der Waals surface area contributed by atoms with Gasteiger partial charge in [-0.1, -0.05) is 23.2 Å². The number of nitrogens with zero attached hydrogens (tertiary/aromatic N) is 1. The molecular weight excluding hydrogens is 245 g/mol. The van der Waals surface area contributed by atoms with E-state index in [1.54, 1.807) is 25.4 Å². The highest BCUT2D eigenvalue weighted by atomic mass is 35.5. The van der Waals surface area contributed by atoms with E-state index in [4.69, 9.17) is 27.9 Å². The molecule has 0 atom stereocenters. The average molecular weight is 254 g/mol. The Morgan fingerprint density at radius 1 is 1.12 bits per heavy atom. The van der Waals surface area contributed by atoms with Crippen molar-refractivity contribution in [2.45, 2.75) is 0 Å². The maximum atomic E-state index is 6.08. The number of pyridine rings is 1. The van der Waals surface area contributed by atoms with Crippen LogP contribution in [0, 0.1) is 0 Å². The van der Waals surface area contributed by atoms with E-state index in [0.717, 1.165) is 11.3 Å². The van der Waals surface area contributed by atoms with Gasteiger partial charge in [0.15, 0.2) is 0 Å². The number of methoxy groups -OCH3 is 1. The monoisotopic (exact) mass is 253 g/mol. The molecule has 1 aromatic heterocycles. The third-order valence-electron chi connectivity index (χ3n) is 2.18. The highest BCUT2D eigenvalue weighted by Gasteiger charge is 2.05. The molecule has 0 saturated heterocycles. The van der Waals surface area contributed by atoms with E-state index in [2.05, 4.69) is 4.98 Å². The van der Waals surface area contributed by atoms with Crippen molar-refractivity contribution < 1.29 is 4.74 Å². The van der Waals surface area contributed by atoms with Crippen LogP contribution in [0.4, 0.5) is 0 Å². The Hall–Kier alpha value is -1.25. The molecule has 0 bridgehead atoms. The Labute approximate surface area is 104 Å². The average Bonchev–Trinajstić information content (AvgIpc) is 2.29. The van der Waals surface area contributed by atoms with Gasteiger partial charge in [0.2, 0.25) is 0 Å². The second kappa shape index (κ2) is 4.73. The number of hydrogen-bond donors (Lipinski definition) is 0. The lowest BCUT2D eigenvalue weighted by Gasteiger charge is -2.05. The lowest BCUT2D eigenvalue weighted by molar-refractivity contribution is 0.413. The summed E-state index contributed by atoms with van der Waals surface area (Å²) in [5.74, 6) is 0.717. The predicted octanol–water partition coefficient (Wildman–Crippen LogP) is 4.06. The van der Waals surface area contributed by atoms with E-state index in [9.17, 15) is 0 Å². The van der Waals surface area contributed by atoms with Crippen molar-refractivity contribution in [1.82, 2.24) is 4.98 Å². The summed E-state index contributed by atoms with van der Waals surface area (Å²) < 4.78 is 5.04. The van der Waals surface area contributed by atoms with Crippen LogP contribution in [0.1, 0.15) is 0 Å². The van der Waals surface area contributed by atoms with E-state index < -0.39 is 0 Å². The fraction of sp³-hybridized carbons (Fsp3) is 0.0833. The summed E-state index contributed by atoms with van der Waals surface area (Å²) in [5.41, 5.74) is 1.65. The molecule has 82 valence electrons. The van der Waals surface area contributed by atoms with Crippen molar-refractivity contribution in [3.8, 4) is 17.0 Å². The highest BCUT2D eigenvalue weighted by molar-refractivity contribution is 6.36. The Morgan fingerprint density at radius 2 is 1.94 bits per heavy atom. The molecule has 2 rings (SSSR count). The largest absolute Gasteiger partial charge is 0.495 e. The Kier molecular flexibility index (Phi) is 3.32. The molecule has 16 heavy (non-hydrogen) atoms. The number of hydrogen-bond acceptors (Lipinski definition) is 2. The van der Waals surface area contributed by atoms with Crippen LogP contribution < -0.4 is 4.74 Å². The number of benzene rings is 1. The fourth-order valence-corrected chi connectivity index (χ4v) is 1.86. The molecule has 0 fully saturated rings. The molecular formula is C12H9Cl2NO. The van der Waals surface area contributed by atoms with Gasteiger partial charge in [0.05, 0.1) is 24.0 Å². The van der Waals surface area contributed by atoms with E-state index in [1.807, 2.05) is 18.2 Å². The predicted molar refractivity (Wildman–Crippen MR) is 66.2 cm³/mol. The summed E-state index contributed by atoms with van der Waals surface area (Å²) in [6.07, 6.45) is 1.65. The van der Waals surface area contributed by atoms with Gasteiger partial charge in [-0.05, 0) is 30.3 Å². The zero-order chi connectivity index (χ0) is 11.5. The van der Waals surface area contributed by atoms with Crippen LogP contribution in [-0.4, -0.2) is 12.1 Å². The van der Waals surface area contributed by atoms with E-state index >= 15 is 0 Å². The van der Waals surface area contributed by atoms with Crippen LogP contribution in [-0.2, 0) is 0 Å². The minimum absolute atomic E-state index is 0.588. The Bertz CT molecular complexity index is 497. The van der Waals surface area contributed by atoms with Crippen molar-refractivity contribution >= 4 is 23.2 Å². The first-order valence-electron chi connectivity index (χ1n) is 4.66. The second-order valence-electron chi connectivity index (χ2n) is 3.21. The van der Waals surface area contributed by atoms with Crippen LogP contribution in [0.3, 0.4) is 0 Å². The van der Waals surface area contributed by atoms with E-state index in [-0.39, 0.29) is 0 Å². The molecule has 0 N–H and O–H groups in total. The SMILES string of the molecule is COc1ccc(-c2ccc(Cl)cc2Cl)nc1. The zero-order valence-electron chi connectivity index (χ0n) is 8.58. The fourth-order valence-electron chi connectivity index (χ4n) is 1.36. The number of aromatic nitrogens is 1. The van der Waals surface area contributed by atoms with Crippen LogP contribution >= 0.6 is 23.2 Å². The van der Waals surface area contributed by atoms with Gasteiger partial charge in [0, 0.05) is 10.6 Å². The zero-order valence-corrected chi connectivity index (χ0v) is 10.1. The molecule has 0 aliphatic heterocycles. The third-order valence-corrected chi connectivity index (χ3v) is 2.73. The molecule has 0 spiro atoms. The van der Waals surface area contributed by atoms with Gasteiger partial charge >= 0.3 is 0 Å². The molecule has 0 aliphatic rings. The molecule has 4 heteroatoms. The van der Waals surface area contributed by atoms with Crippen LogP contribution in [0.5, 0.6) is 5.75 Å². The summed E-state index contributed by atoms with van der Waals surface area (Å²) in [4.78, 5) is 4.26. The summed E-state index contributed by atoms with van der Waals surface area (Å²) in [6.45, 7) is 0. The van der Waals surface area contributed by atoms with E-state index in [1.165, 1.54) is 0 Å². The van der Waals surface area contributed by atoms with Gasteiger partial charge in [-0.15, -0.1) is 0 Å². The maximum absolute atomic E-state index is 6.08. The van der Waals surface area contributed by atoms with Crippen LogP contribution in [0.2, 0.25) is 10.0 Å². The van der Waals surface area contributed by atoms with Crippen molar-refractivity contribution in [2.75, 3.05) is 7.11 Å². The molecule has 2 aromatic rings. The summed E-state index contributed by atoms with van der Waals surface area (Å²) >= 11 is 11.9. The number of halogens is 2. The minimum atomic E-state index is 0.588. The molecule has 1 aromatic carbocycles. The molecule has 0 saturated carbocycles. The first-order valence-corrected chi connectivity index (χ1v) is 5.42. The van der Waals surface area contributed by atoms with E-state index in [0.29, 0.717) is 15.8 Å². The van der Waals surface area contributed by atoms with Gasteiger partial charge in [-0.2, -0.15) is 0 Å². The first kappa shape index (κ1) is 11.2. The van der Waals surface area contributed by atoms with Crippen molar-refractivity contribution in [3.63, 3.8) is 0 Å². The Morgan fingerprint density at radius 3 is 2.50 bits per heavy atom. The summed E-state index contributed by atoms with van der Waals surface area (Å²) in [7, 11) is 1.60. The second-order valence-corrected chi connectivity index (χ2v) is 4.05. The topological polar surface area (TPSA) is 22.1 Å².